The molecule has 0 aliphatic carbocycles. The minimum absolute atomic E-state index is 0.168. The number of rotatable bonds is 4. The summed E-state index contributed by atoms with van der Waals surface area (Å²) in [6, 6.07) is 4.80. The summed E-state index contributed by atoms with van der Waals surface area (Å²) in [5.74, 6) is 0.0660. The van der Waals surface area contributed by atoms with Crippen molar-refractivity contribution in [2.45, 2.75) is 0 Å². The Morgan fingerprint density at radius 3 is 2.53 bits per heavy atom. The molecule has 1 N–H and O–H groups in total. The van der Waals surface area contributed by atoms with E-state index in [1.165, 1.54) is 20.3 Å². The molecule has 7 heteroatoms. The van der Waals surface area contributed by atoms with E-state index in [0.29, 0.717) is 27.3 Å². The Labute approximate surface area is 117 Å². The fraction of sp³-hybridized carbons (Fsp3) is 0.167. The summed E-state index contributed by atoms with van der Waals surface area (Å²) in [5.41, 5.74) is 0.390. The monoisotopic (exact) mass is 327 g/mol. The average Bonchev–Trinajstić information content (AvgIpc) is 2.87. The van der Waals surface area contributed by atoms with Gasteiger partial charge in [0.1, 0.15) is 0 Å². The largest absolute Gasteiger partial charge is 0.492 e. The lowest BCUT2D eigenvalue weighted by molar-refractivity contribution is 0.0686. The Hall–Kier alpha value is -2.02. The molecular formula is C12H10BrNO5. The standard InChI is InChI=1S/C12H10BrNO5/c1-17-10-6(3-4-7(13)11(10)18-2)9-5-8(12(15)16)14-19-9/h3-5H,1-2H3,(H,15,16). The molecule has 2 aromatic rings. The predicted molar refractivity (Wildman–Crippen MR) is 69.7 cm³/mol. The zero-order valence-electron chi connectivity index (χ0n) is 10.1. The molecule has 0 atom stereocenters. The topological polar surface area (TPSA) is 81.8 Å². The van der Waals surface area contributed by atoms with Gasteiger partial charge in [0.15, 0.2) is 23.0 Å². The quantitative estimate of drug-likeness (QED) is 0.929. The molecule has 1 aromatic heterocycles. The van der Waals surface area contributed by atoms with E-state index in [0.717, 1.165) is 0 Å². The summed E-state index contributed by atoms with van der Waals surface area (Å²) in [7, 11) is 3.00. The number of carbonyl (C=O) groups is 1. The van der Waals surface area contributed by atoms with Crippen molar-refractivity contribution >= 4 is 21.9 Å². The lowest BCUT2D eigenvalue weighted by Gasteiger charge is -2.12. The van der Waals surface area contributed by atoms with Gasteiger partial charge < -0.3 is 19.1 Å². The molecule has 2 rings (SSSR count). The van der Waals surface area contributed by atoms with Gasteiger partial charge in [-0.1, -0.05) is 5.16 Å². The molecular weight excluding hydrogens is 318 g/mol. The molecule has 100 valence electrons. The van der Waals surface area contributed by atoms with Crippen LogP contribution in [0.1, 0.15) is 10.5 Å². The molecule has 1 heterocycles. The van der Waals surface area contributed by atoms with E-state index in [9.17, 15) is 4.79 Å². The number of hydrogen-bond acceptors (Lipinski definition) is 5. The highest BCUT2D eigenvalue weighted by Gasteiger charge is 2.19. The number of methoxy groups -OCH3 is 2. The lowest BCUT2D eigenvalue weighted by atomic mass is 10.1. The zero-order chi connectivity index (χ0) is 14.0. The van der Waals surface area contributed by atoms with Crippen molar-refractivity contribution in [2.75, 3.05) is 14.2 Å². The first-order valence-electron chi connectivity index (χ1n) is 5.19. The van der Waals surface area contributed by atoms with Crippen molar-refractivity contribution in [3.05, 3.63) is 28.4 Å². The number of aromatic nitrogens is 1. The molecule has 0 saturated heterocycles. The van der Waals surface area contributed by atoms with Crippen LogP contribution in [0, 0.1) is 0 Å². The average molecular weight is 328 g/mol. The summed E-state index contributed by atoms with van der Waals surface area (Å²) in [6.07, 6.45) is 0. The van der Waals surface area contributed by atoms with Gasteiger partial charge in [-0.25, -0.2) is 4.79 Å². The molecule has 6 nitrogen and oxygen atoms in total. The van der Waals surface area contributed by atoms with Gasteiger partial charge in [-0.05, 0) is 28.1 Å². The van der Waals surface area contributed by atoms with E-state index in [1.54, 1.807) is 12.1 Å². The molecule has 0 bridgehead atoms. The van der Waals surface area contributed by atoms with Gasteiger partial charge in [0.2, 0.25) is 0 Å². The van der Waals surface area contributed by atoms with Crippen molar-refractivity contribution < 1.29 is 23.9 Å². The number of aromatic carboxylic acids is 1. The third-order valence-corrected chi connectivity index (χ3v) is 3.09. The second-order valence-electron chi connectivity index (χ2n) is 3.54. The second-order valence-corrected chi connectivity index (χ2v) is 4.40. The summed E-state index contributed by atoms with van der Waals surface area (Å²) in [6.45, 7) is 0. The van der Waals surface area contributed by atoms with Gasteiger partial charge >= 0.3 is 5.97 Å². The maximum absolute atomic E-state index is 10.8. The second kappa shape index (κ2) is 5.31. The van der Waals surface area contributed by atoms with E-state index in [4.69, 9.17) is 19.1 Å². The van der Waals surface area contributed by atoms with Crippen LogP contribution in [0.3, 0.4) is 0 Å². The number of nitrogens with zero attached hydrogens (tertiary/aromatic N) is 1. The van der Waals surface area contributed by atoms with Crippen LogP contribution in [0.25, 0.3) is 11.3 Å². The minimum Gasteiger partial charge on any atom is -0.492 e. The number of carboxylic acid groups (broad SMARTS) is 1. The number of halogens is 1. The Bertz CT molecular complexity index is 623. The number of hydrogen-bond donors (Lipinski definition) is 1. The Kier molecular flexibility index (Phi) is 3.75. The van der Waals surface area contributed by atoms with E-state index in [1.807, 2.05) is 0 Å². The van der Waals surface area contributed by atoms with Gasteiger partial charge in [-0.2, -0.15) is 0 Å². The van der Waals surface area contributed by atoms with Crippen molar-refractivity contribution in [1.82, 2.24) is 5.16 Å². The number of ether oxygens (including phenoxy) is 2. The molecule has 0 spiro atoms. The molecule has 0 unspecified atom stereocenters. The molecule has 0 aliphatic heterocycles. The third kappa shape index (κ3) is 2.41. The lowest BCUT2D eigenvalue weighted by Crippen LogP contribution is -1.95. The molecule has 19 heavy (non-hydrogen) atoms. The summed E-state index contributed by atoms with van der Waals surface area (Å²) in [5, 5.41) is 12.3. The van der Waals surface area contributed by atoms with Crippen LogP contribution >= 0.6 is 15.9 Å². The van der Waals surface area contributed by atoms with E-state index in [-0.39, 0.29) is 5.69 Å². The highest BCUT2D eigenvalue weighted by Crippen LogP contribution is 2.42. The molecule has 0 radical (unpaired) electrons. The number of benzene rings is 1. The van der Waals surface area contributed by atoms with Crippen LogP contribution in [0.4, 0.5) is 0 Å². The third-order valence-electron chi connectivity index (χ3n) is 2.47. The zero-order valence-corrected chi connectivity index (χ0v) is 11.7. The smallest absolute Gasteiger partial charge is 0.358 e. The SMILES string of the molecule is COc1c(Br)ccc(-c2cc(C(=O)O)no2)c1OC. The normalized spacial score (nSPS) is 10.3. The first kappa shape index (κ1) is 13.4. The van der Waals surface area contributed by atoms with E-state index < -0.39 is 5.97 Å². The minimum atomic E-state index is -1.15. The van der Waals surface area contributed by atoms with Crippen LogP contribution in [-0.2, 0) is 0 Å². The van der Waals surface area contributed by atoms with Gasteiger partial charge in [0.25, 0.3) is 0 Å². The number of carboxylic acids is 1. The molecule has 0 aliphatic rings. The predicted octanol–water partition coefficient (Wildman–Crippen LogP) is 2.82. The van der Waals surface area contributed by atoms with Gasteiger partial charge in [0.05, 0.1) is 24.3 Å². The molecule has 0 fully saturated rings. The maximum atomic E-state index is 10.8. The van der Waals surface area contributed by atoms with Crippen molar-refractivity contribution in [1.29, 1.82) is 0 Å². The van der Waals surface area contributed by atoms with Crippen LogP contribution in [0.2, 0.25) is 0 Å². The van der Waals surface area contributed by atoms with Crippen molar-refractivity contribution in [3.8, 4) is 22.8 Å². The molecule has 0 amide bonds. The van der Waals surface area contributed by atoms with Gasteiger partial charge in [-0.15, -0.1) is 0 Å². The maximum Gasteiger partial charge on any atom is 0.358 e. The van der Waals surface area contributed by atoms with E-state index >= 15 is 0 Å². The first-order valence-corrected chi connectivity index (χ1v) is 5.98. The van der Waals surface area contributed by atoms with Crippen LogP contribution in [-0.4, -0.2) is 30.5 Å². The fourth-order valence-corrected chi connectivity index (χ4v) is 2.10. The van der Waals surface area contributed by atoms with Crippen molar-refractivity contribution in [3.63, 3.8) is 0 Å². The van der Waals surface area contributed by atoms with Crippen LogP contribution in [0.5, 0.6) is 11.5 Å². The molecule has 1 aromatic carbocycles. The van der Waals surface area contributed by atoms with Crippen LogP contribution < -0.4 is 9.47 Å². The summed E-state index contributed by atoms with van der Waals surface area (Å²) >= 11 is 3.34. The van der Waals surface area contributed by atoms with Crippen LogP contribution in [0.15, 0.2) is 27.2 Å². The Balaban J connectivity index is 2.58. The van der Waals surface area contributed by atoms with Crippen molar-refractivity contribution in [2.24, 2.45) is 0 Å². The van der Waals surface area contributed by atoms with Gasteiger partial charge in [-0.3, -0.25) is 0 Å². The van der Waals surface area contributed by atoms with E-state index in [2.05, 4.69) is 21.1 Å². The highest BCUT2D eigenvalue weighted by molar-refractivity contribution is 9.10. The Morgan fingerprint density at radius 2 is 2.00 bits per heavy atom. The summed E-state index contributed by atoms with van der Waals surface area (Å²) in [4.78, 5) is 10.8. The van der Waals surface area contributed by atoms with Gasteiger partial charge in [0, 0.05) is 6.07 Å². The fourth-order valence-electron chi connectivity index (χ4n) is 1.63. The highest BCUT2D eigenvalue weighted by atomic mass is 79.9. The Morgan fingerprint density at radius 1 is 1.32 bits per heavy atom. The first-order chi connectivity index (χ1) is 9.08. The molecule has 0 saturated carbocycles. The summed E-state index contributed by atoms with van der Waals surface area (Å²) < 4.78 is 16.2.